The molecule has 0 aliphatic heterocycles. The lowest BCUT2D eigenvalue weighted by molar-refractivity contribution is -0.115. The van der Waals surface area contributed by atoms with Crippen LogP contribution in [0.1, 0.15) is 29.8 Å². The SMILES string of the molecule is CC(=O)c1ccc(NC(=O)[C@@H](C)Sc2nnc(Nc3ccccc3C)s2)cc1. The monoisotopic (exact) mass is 412 g/mol. The quantitative estimate of drug-likeness (QED) is 0.424. The van der Waals surface area contributed by atoms with Crippen molar-refractivity contribution < 1.29 is 9.59 Å². The van der Waals surface area contributed by atoms with Crippen molar-refractivity contribution >= 4 is 51.3 Å². The van der Waals surface area contributed by atoms with Crippen molar-refractivity contribution in [2.75, 3.05) is 10.6 Å². The topological polar surface area (TPSA) is 84.0 Å². The fourth-order valence-corrected chi connectivity index (χ4v) is 4.28. The number of aromatic nitrogens is 2. The van der Waals surface area contributed by atoms with Gasteiger partial charge in [-0.05, 0) is 56.7 Å². The van der Waals surface area contributed by atoms with Crippen molar-refractivity contribution in [2.45, 2.75) is 30.4 Å². The molecule has 144 valence electrons. The lowest BCUT2D eigenvalue weighted by Crippen LogP contribution is -2.22. The van der Waals surface area contributed by atoms with Crippen molar-refractivity contribution in [1.29, 1.82) is 0 Å². The lowest BCUT2D eigenvalue weighted by atomic mass is 10.1. The summed E-state index contributed by atoms with van der Waals surface area (Å²) in [5, 5.41) is 14.8. The number of amides is 1. The Morgan fingerprint density at radius 1 is 1.07 bits per heavy atom. The van der Waals surface area contributed by atoms with Crippen LogP contribution in [-0.4, -0.2) is 27.1 Å². The Balaban J connectivity index is 1.57. The second kappa shape index (κ2) is 8.99. The highest BCUT2D eigenvalue weighted by molar-refractivity contribution is 8.02. The number of carbonyl (C=O) groups excluding carboxylic acids is 2. The first-order valence-electron chi connectivity index (χ1n) is 8.67. The number of Topliss-reactive ketones (excluding diaryl/α,β-unsaturated/α-hetero) is 1. The van der Waals surface area contributed by atoms with E-state index in [4.69, 9.17) is 0 Å². The second-order valence-electron chi connectivity index (χ2n) is 6.20. The van der Waals surface area contributed by atoms with Crippen molar-refractivity contribution in [1.82, 2.24) is 10.2 Å². The predicted octanol–water partition coefficient (Wildman–Crippen LogP) is 4.91. The zero-order valence-corrected chi connectivity index (χ0v) is 17.4. The van der Waals surface area contributed by atoms with Crippen LogP contribution in [0, 0.1) is 6.92 Å². The van der Waals surface area contributed by atoms with Gasteiger partial charge in [-0.2, -0.15) is 0 Å². The third-order valence-electron chi connectivity index (χ3n) is 4.00. The Bertz CT molecular complexity index is 986. The molecule has 3 aromatic rings. The molecular formula is C20H20N4O2S2. The molecule has 0 saturated carbocycles. The van der Waals surface area contributed by atoms with E-state index < -0.39 is 0 Å². The highest BCUT2D eigenvalue weighted by Crippen LogP contribution is 2.31. The first kappa shape index (κ1) is 20.0. The Hall–Kier alpha value is -2.71. The van der Waals surface area contributed by atoms with E-state index in [0.29, 0.717) is 20.7 Å². The number of rotatable bonds is 7. The molecule has 1 amide bonds. The van der Waals surface area contributed by atoms with Gasteiger partial charge in [-0.15, -0.1) is 10.2 Å². The molecule has 0 spiro atoms. The minimum absolute atomic E-state index is 0.00631. The fourth-order valence-electron chi connectivity index (χ4n) is 2.37. The summed E-state index contributed by atoms with van der Waals surface area (Å²) < 4.78 is 0.714. The Labute approximate surface area is 171 Å². The zero-order valence-electron chi connectivity index (χ0n) is 15.7. The van der Waals surface area contributed by atoms with Gasteiger partial charge in [-0.25, -0.2) is 0 Å². The molecule has 0 saturated heterocycles. The largest absolute Gasteiger partial charge is 0.330 e. The first-order valence-corrected chi connectivity index (χ1v) is 10.4. The van der Waals surface area contributed by atoms with Crippen LogP contribution >= 0.6 is 23.1 Å². The van der Waals surface area contributed by atoms with Gasteiger partial charge in [0.1, 0.15) is 0 Å². The highest BCUT2D eigenvalue weighted by Gasteiger charge is 2.17. The van der Waals surface area contributed by atoms with Gasteiger partial charge < -0.3 is 10.6 Å². The number of nitrogens with one attached hydrogen (secondary N) is 2. The minimum atomic E-state index is -0.341. The molecule has 0 fully saturated rings. The molecule has 28 heavy (non-hydrogen) atoms. The molecule has 2 aromatic carbocycles. The lowest BCUT2D eigenvalue weighted by Gasteiger charge is -2.10. The summed E-state index contributed by atoms with van der Waals surface area (Å²) in [6, 6.07) is 14.8. The molecule has 8 heteroatoms. The smallest absolute Gasteiger partial charge is 0.237 e. The Morgan fingerprint density at radius 3 is 2.46 bits per heavy atom. The first-order chi connectivity index (χ1) is 13.4. The molecular weight excluding hydrogens is 392 g/mol. The average Bonchev–Trinajstić information content (AvgIpc) is 3.11. The van der Waals surface area contributed by atoms with E-state index >= 15 is 0 Å². The molecule has 1 heterocycles. The molecule has 0 aliphatic carbocycles. The van der Waals surface area contributed by atoms with Crippen LogP contribution in [0.15, 0.2) is 52.9 Å². The normalized spacial score (nSPS) is 11.7. The summed E-state index contributed by atoms with van der Waals surface area (Å²) in [4.78, 5) is 23.7. The van der Waals surface area contributed by atoms with E-state index in [1.807, 2.05) is 38.1 Å². The number of carbonyl (C=O) groups is 2. The van der Waals surface area contributed by atoms with Gasteiger partial charge in [0.25, 0.3) is 0 Å². The van der Waals surface area contributed by atoms with Crippen molar-refractivity contribution in [2.24, 2.45) is 0 Å². The fraction of sp³-hybridized carbons (Fsp3) is 0.200. The van der Waals surface area contributed by atoms with E-state index in [1.54, 1.807) is 24.3 Å². The molecule has 0 unspecified atom stereocenters. The van der Waals surface area contributed by atoms with Gasteiger partial charge in [0.05, 0.1) is 5.25 Å². The minimum Gasteiger partial charge on any atom is -0.330 e. The highest BCUT2D eigenvalue weighted by atomic mass is 32.2. The van der Waals surface area contributed by atoms with Gasteiger partial charge in [-0.1, -0.05) is 41.3 Å². The zero-order chi connectivity index (χ0) is 20.1. The average molecular weight is 413 g/mol. The van der Waals surface area contributed by atoms with Crippen LogP contribution < -0.4 is 10.6 Å². The molecule has 0 radical (unpaired) electrons. The van der Waals surface area contributed by atoms with Crippen LogP contribution in [0.2, 0.25) is 0 Å². The predicted molar refractivity (Wildman–Crippen MR) is 115 cm³/mol. The maximum Gasteiger partial charge on any atom is 0.237 e. The number of hydrogen-bond donors (Lipinski definition) is 2. The number of benzene rings is 2. The van der Waals surface area contributed by atoms with Gasteiger partial charge >= 0.3 is 0 Å². The third kappa shape index (κ3) is 5.17. The Morgan fingerprint density at radius 2 is 1.79 bits per heavy atom. The van der Waals surface area contributed by atoms with E-state index in [9.17, 15) is 9.59 Å². The second-order valence-corrected chi connectivity index (χ2v) is 8.76. The Kier molecular flexibility index (Phi) is 6.43. The standard InChI is InChI=1S/C20H20N4O2S2/c1-12-6-4-5-7-17(12)22-19-23-24-20(28-19)27-14(3)18(26)21-16-10-8-15(9-11-16)13(2)25/h4-11,14H,1-3H3,(H,21,26)(H,22,23)/t14-/m1/s1. The molecule has 6 nitrogen and oxygen atoms in total. The molecule has 2 N–H and O–H groups in total. The van der Waals surface area contributed by atoms with Crippen LogP contribution in [-0.2, 0) is 4.79 Å². The van der Waals surface area contributed by atoms with E-state index in [2.05, 4.69) is 20.8 Å². The molecule has 3 rings (SSSR count). The number of para-hydroxylation sites is 1. The van der Waals surface area contributed by atoms with Crippen LogP contribution in [0.3, 0.4) is 0 Å². The third-order valence-corrected chi connectivity index (χ3v) is 6.02. The number of hydrogen-bond acceptors (Lipinski definition) is 7. The summed E-state index contributed by atoms with van der Waals surface area (Å²) in [5.74, 6) is -0.141. The van der Waals surface area contributed by atoms with Crippen LogP contribution in [0.5, 0.6) is 0 Å². The van der Waals surface area contributed by atoms with Crippen LogP contribution in [0.25, 0.3) is 0 Å². The van der Waals surface area contributed by atoms with Crippen molar-refractivity contribution in [3.63, 3.8) is 0 Å². The number of anilines is 3. The van der Waals surface area contributed by atoms with Crippen molar-refractivity contribution in [3.05, 3.63) is 59.7 Å². The van der Waals surface area contributed by atoms with Gasteiger partial charge in [-0.3, -0.25) is 9.59 Å². The van der Waals surface area contributed by atoms with Gasteiger partial charge in [0, 0.05) is 16.9 Å². The summed E-state index contributed by atoms with van der Waals surface area (Å²) in [6.45, 7) is 5.35. The van der Waals surface area contributed by atoms with E-state index in [0.717, 1.165) is 11.3 Å². The van der Waals surface area contributed by atoms with Gasteiger partial charge in [0.15, 0.2) is 10.1 Å². The number of nitrogens with zero attached hydrogens (tertiary/aromatic N) is 2. The summed E-state index contributed by atoms with van der Waals surface area (Å²) in [6.07, 6.45) is 0. The summed E-state index contributed by atoms with van der Waals surface area (Å²) >= 11 is 2.76. The summed E-state index contributed by atoms with van der Waals surface area (Å²) in [7, 11) is 0. The van der Waals surface area contributed by atoms with E-state index in [1.165, 1.54) is 30.0 Å². The molecule has 0 bridgehead atoms. The van der Waals surface area contributed by atoms with Crippen LogP contribution in [0.4, 0.5) is 16.5 Å². The maximum atomic E-state index is 12.4. The molecule has 0 aliphatic rings. The number of thioether (sulfide) groups is 1. The van der Waals surface area contributed by atoms with Gasteiger partial charge in [0.2, 0.25) is 11.0 Å². The van der Waals surface area contributed by atoms with Crippen molar-refractivity contribution in [3.8, 4) is 0 Å². The number of ketones is 1. The molecule has 1 aromatic heterocycles. The summed E-state index contributed by atoms with van der Waals surface area (Å²) in [5.41, 5.74) is 3.37. The molecule has 1 atom stereocenters. The number of aryl methyl sites for hydroxylation is 1. The maximum absolute atomic E-state index is 12.4. The van der Waals surface area contributed by atoms with E-state index in [-0.39, 0.29) is 16.9 Å².